The number of anilines is 1. The molecule has 0 aromatic carbocycles. The molecule has 0 radical (unpaired) electrons. The van der Waals surface area contributed by atoms with Crippen molar-refractivity contribution in [2.75, 3.05) is 18.4 Å². The molecule has 0 bridgehead atoms. The molecular formula is C15H23N5O2. The number of fused-ring (bicyclic) bond motifs is 1. The van der Waals surface area contributed by atoms with E-state index in [1.54, 1.807) is 12.5 Å². The van der Waals surface area contributed by atoms with E-state index in [9.17, 15) is 4.79 Å². The van der Waals surface area contributed by atoms with Crippen LogP contribution in [0.1, 0.15) is 27.2 Å². The lowest BCUT2D eigenvalue weighted by Crippen LogP contribution is -2.33. The Balaban J connectivity index is 1.76. The Kier molecular flexibility index (Phi) is 4.85. The summed E-state index contributed by atoms with van der Waals surface area (Å²) >= 11 is 0. The first-order chi connectivity index (χ1) is 10.4. The van der Waals surface area contributed by atoms with Crippen molar-refractivity contribution in [3.63, 3.8) is 0 Å². The summed E-state index contributed by atoms with van der Waals surface area (Å²) in [6, 6.07) is 1.93. The number of amides is 1. The van der Waals surface area contributed by atoms with Gasteiger partial charge in [-0.25, -0.2) is 14.8 Å². The van der Waals surface area contributed by atoms with E-state index in [0.29, 0.717) is 13.1 Å². The minimum Gasteiger partial charge on any atom is -0.444 e. The highest BCUT2D eigenvalue weighted by molar-refractivity contribution is 5.85. The molecule has 1 amide bonds. The van der Waals surface area contributed by atoms with Gasteiger partial charge in [0, 0.05) is 26.3 Å². The van der Waals surface area contributed by atoms with Crippen molar-refractivity contribution in [3.8, 4) is 0 Å². The topological polar surface area (TPSA) is 81.1 Å². The lowest BCUT2D eigenvalue weighted by atomic mass is 10.2. The van der Waals surface area contributed by atoms with E-state index in [1.807, 2.05) is 38.5 Å². The van der Waals surface area contributed by atoms with E-state index in [2.05, 4.69) is 20.6 Å². The van der Waals surface area contributed by atoms with Crippen LogP contribution in [-0.2, 0) is 11.8 Å². The molecule has 120 valence electrons. The number of rotatable bonds is 5. The number of carbonyl (C=O) groups is 1. The van der Waals surface area contributed by atoms with Gasteiger partial charge in [0.1, 0.15) is 11.1 Å². The SMILES string of the molecule is Cn1cnc2c(NCCCNC(=O)OC(C)(C)C)nccc21. The molecule has 7 nitrogen and oxygen atoms in total. The zero-order chi connectivity index (χ0) is 16.2. The predicted octanol–water partition coefficient (Wildman–Crippen LogP) is 2.29. The van der Waals surface area contributed by atoms with Crippen LogP contribution in [0.2, 0.25) is 0 Å². The summed E-state index contributed by atoms with van der Waals surface area (Å²) in [6.07, 6.45) is 3.90. The van der Waals surface area contributed by atoms with E-state index in [-0.39, 0.29) is 0 Å². The Morgan fingerprint density at radius 2 is 2.09 bits per heavy atom. The van der Waals surface area contributed by atoms with Crippen molar-refractivity contribution in [1.82, 2.24) is 19.9 Å². The normalized spacial score (nSPS) is 11.5. The fourth-order valence-electron chi connectivity index (χ4n) is 1.99. The summed E-state index contributed by atoms with van der Waals surface area (Å²) in [5, 5.41) is 5.97. The monoisotopic (exact) mass is 305 g/mol. The minimum absolute atomic E-state index is 0.391. The number of aromatic nitrogens is 3. The van der Waals surface area contributed by atoms with Crippen LogP contribution in [0, 0.1) is 0 Å². The van der Waals surface area contributed by atoms with Gasteiger partial charge in [-0.3, -0.25) is 0 Å². The Morgan fingerprint density at radius 1 is 1.32 bits per heavy atom. The number of carbonyl (C=O) groups excluding carboxylic acids is 1. The molecule has 2 rings (SSSR count). The van der Waals surface area contributed by atoms with Gasteiger partial charge in [0.25, 0.3) is 0 Å². The molecule has 0 atom stereocenters. The summed E-state index contributed by atoms with van der Waals surface area (Å²) in [5.41, 5.74) is 1.41. The molecule has 0 fully saturated rings. The van der Waals surface area contributed by atoms with E-state index in [4.69, 9.17) is 4.74 Å². The molecule has 2 N–H and O–H groups in total. The standard InChI is InChI=1S/C15H23N5O2/c1-15(2,3)22-14(21)18-8-5-7-16-13-12-11(6-9-17-13)20(4)10-19-12/h6,9-10H,5,7-8H2,1-4H3,(H,16,17)(H,18,21). The van der Waals surface area contributed by atoms with Crippen molar-refractivity contribution in [2.45, 2.75) is 32.8 Å². The smallest absolute Gasteiger partial charge is 0.407 e. The number of hydrogen-bond acceptors (Lipinski definition) is 5. The largest absolute Gasteiger partial charge is 0.444 e. The number of nitrogens with zero attached hydrogens (tertiary/aromatic N) is 3. The van der Waals surface area contributed by atoms with E-state index >= 15 is 0 Å². The number of pyridine rings is 1. The fraction of sp³-hybridized carbons (Fsp3) is 0.533. The number of hydrogen-bond donors (Lipinski definition) is 2. The van der Waals surface area contributed by atoms with Gasteiger partial charge in [0.2, 0.25) is 0 Å². The molecule has 22 heavy (non-hydrogen) atoms. The maximum atomic E-state index is 11.5. The van der Waals surface area contributed by atoms with Crippen LogP contribution < -0.4 is 10.6 Å². The Morgan fingerprint density at radius 3 is 2.82 bits per heavy atom. The number of ether oxygens (including phenoxy) is 1. The molecule has 2 aromatic rings. The zero-order valence-electron chi connectivity index (χ0n) is 13.5. The molecule has 0 aliphatic heterocycles. The van der Waals surface area contributed by atoms with Gasteiger partial charge in [0.15, 0.2) is 5.82 Å². The van der Waals surface area contributed by atoms with Crippen LogP contribution in [0.3, 0.4) is 0 Å². The lowest BCUT2D eigenvalue weighted by molar-refractivity contribution is 0.0528. The van der Waals surface area contributed by atoms with E-state index in [1.165, 1.54) is 0 Å². The van der Waals surface area contributed by atoms with Gasteiger partial charge >= 0.3 is 6.09 Å². The van der Waals surface area contributed by atoms with E-state index in [0.717, 1.165) is 23.3 Å². The number of alkyl carbamates (subject to hydrolysis) is 1. The number of imidazole rings is 1. The van der Waals surface area contributed by atoms with Crippen molar-refractivity contribution in [3.05, 3.63) is 18.6 Å². The number of nitrogens with one attached hydrogen (secondary N) is 2. The summed E-state index contributed by atoms with van der Waals surface area (Å²) < 4.78 is 7.12. The third kappa shape index (κ3) is 4.34. The first-order valence-electron chi connectivity index (χ1n) is 7.33. The van der Waals surface area contributed by atoms with Gasteiger partial charge < -0.3 is 19.9 Å². The van der Waals surface area contributed by atoms with Gasteiger partial charge in [-0.2, -0.15) is 0 Å². The van der Waals surface area contributed by atoms with Crippen LogP contribution in [0.5, 0.6) is 0 Å². The third-order valence-electron chi connectivity index (χ3n) is 2.96. The van der Waals surface area contributed by atoms with Gasteiger partial charge in [-0.05, 0) is 33.3 Å². The Labute approximate surface area is 130 Å². The summed E-state index contributed by atoms with van der Waals surface area (Å²) in [6.45, 7) is 6.76. The molecule has 0 saturated heterocycles. The molecule has 0 spiro atoms. The maximum absolute atomic E-state index is 11.5. The van der Waals surface area contributed by atoms with Gasteiger partial charge in [-0.1, -0.05) is 0 Å². The number of aryl methyl sites for hydroxylation is 1. The van der Waals surface area contributed by atoms with Gasteiger partial charge in [-0.15, -0.1) is 0 Å². The zero-order valence-corrected chi connectivity index (χ0v) is 13.5. The first-order valence-corrected chi connectivity index (χ1v) is 7.33. The average Bonchev–Trinajstić information content (AvgIpc) is 2.79. The van der Waals surface area contributed by atoms with Crippen molar-refractivity contribution in [2.24, 2.45) is 7.05 Å². The lowest BCUT2D eigenvalue weighted by Gasteiger charge is -2.19. The quantitative estimate of drug-likeness (QED) is 0.828. The Hall–Kier alpha value is -2.31. The second-order valence-corrected chi connectivity index (χ2v) is 6.09. The second kappa shape index (κ2) is 6.64. The van der Waals surface area contributed by atoms with Crippen LogP contribution >= 0.6 is 0 Å². The molecule has 0 unspecified atom stereocenters. The molecule has 0 saturated carbocycles. The molecular weight excluding hydrogens is 282 g/mol. The predicted molar refractivity (Wildman–Crippen MR) is 85.9 cm³/mol. The van der Waals surface area contributed by atoms with Crippen LogP contribution in [0.25, 0.3) is 11.0 Å². The minimum atomic E-state index is -0.471. The molecule has 0 aliphatic carbocycles. The summed E-state index contributed by atoms with van der Waals surface area (Å²) in [7, 11) is 1.95. The van der Waals surface area contributed by atoms with Gasteiger partial charge in [0.05, 0.1) is 11.8 Å². The van der Waals surface area contributed by atoms with Crippen LogP contribution in [0.15, 0.2) is 18.6 Å². The highest BCUT2D eigenvalue weighted by Crippen LogP contribution is 2.18. The molecule has 2 heterocycles. The highest BCUT2D eigenvalue weighted by atomic mass is 16.6. The Bertz CT molecular complexity index is 645. The third-order valence-corrected chi connectivity index (χ3v) is 2.96. The summed E-state index contributed by atoms with van der Waals surface area (Å²) in [5.74, 6) is 0.760. The second-order valence-electron chi connectivity index (χ2n) is 6.09. The molecule has 7 heteroatoms. The molecule has 2 aromatic heterocycles. The molecule has 0 aliphatic rings. The highest BCUT2D eigenvalue weighted by Gasteiger charge is 2.15. The van der Waals surface area contributed by atoms with E-state index < -0.39 is 11.7 Å². The maximum Gasteiger partial charge on any atom is 0.407 e. The van der Waals surface area contributed by atoms with Crippen molar-refractivity contribution >= 4 is 22.9 Å². The van der Waals surface area contributed by atoms with Crippen LogP contribution in [0.4, 0.5) is 10.6 Å². The fourth-order valence-corrected chi connectivity index (χ4v) is 1.99. The van der Waals surface area contributed by atoms with Crippen molar-refractivity contribution < 1.29 is 9.53 Å². The first kappa shape index (κ1) is 16.1. The average molecular weight is 305 g/mol. The summed E-state index contributed by atoms with van der Waals surface area (Å²) in [4.78, 5) is 20.1. The van der Waals surface area contributed by atoms with Crippen LogP contribution in [-0.4, -0.2) is 39.3 Å². The van der Waals surface area contributed by atoms with Crippen molar-refractivity contribution in [1.29, 1.82) is 0 Å².